The molecule has 154 valence electrons. The smallest absolute Gasteiger partial charge is 0.227 e. The van der Waals surface area contributed by atoms with Gasteiger partial charge < -0.3 is 15.5 Å². The van der Waals surface area contributed by atoms with Gasteiger partial charge in [0.25, 0.3) is 0 Å². The summed E-state index contributed by atoms with van der Waals surface area (Å²) in [4.78, 5) is 26.0. The van der Waals surface area contributed by atoms with E-state index < -0.39 is 0 Å². The number of carbonyl (C=O) groups is 2. The zero-order valence-electron chi connectivity index (χ0n) is 17.2. The molecule has 1 atom stereocenters. The van der Waals surface area contributed by atoms with Crippen molar-refractivity contribution in [1.82, 2.24) is 5.32 Å². The zero-order chi connectivity index (χ0) is 20.9. The highest BCUT2D eigenvalue weighted by molar-refractivity contribution is 5.96. The van der Waals surface area contributed by atoms with Gasteiger partial charge in [0.15, 0.2) is 0 Å². The fraction of sp³-hybridized carbons (Fsp3) is 0.280. The van der Waals surface area contributed by atoms with Crippen molar-refractivity contribution in [2.24, 2.45) is 0 Å². The summed E-state index contributed by atoms with van der Waals surface area (Å²) in [5.74, 6) is 0.135. The molecule has 5 heteroatoms. The Bertz CT molecular complexity index is 1040. The molecular formula is C25H27N3O2. The monoisotopic (exact) mass is 401 g/mol. The van der Waals surface area contributed by atoms with E-state index in [1.54, 1.807) is 4.90 Å². The molecule has 0 saturated carbocycles. The van der Waals surface area contributed by atoms with E-state index in [0.717, 1.165) is 24.3 Å². The van der Waals surface area contributed by atoms with Crippen LogP contribution in [0, 0.1) is 0 Å². The van der Waals surface area contributed by atoms with E-state index in [9.17, 15) is 9.59 Å². The Morgan fingerprint density at radius 2 is 1.80 bits per heavy atom. The van der Waals surface area contributed by atoms with Crippen LogP contribution in [0.1, 0.15) is 37.8 Å². The lowest BCUT2D eigenvalue weighted by Crippen LogP contribution is -2.25. The molecule has 0 unspecified atom stereocenters. The van der Waals surface area contributed by atoms with Crippen LogP contribution < -0.4 is 15.5 Å². The first-order chi connectivity index (χ1) is 14.6. The van der Waals surface area contributed by atoms with Crippen molar-refractivity contribution in [1.29, 1.82) is 0 Å². The predicted molar refractivity (Wildman–Crippen MR) is 122 cm³/mol. The Morgan fingerprint density at radius 3 is 2.57 bits per heavy atom. The number of fused-ring (bicyclic) bond motifs is 1. The van der Waals surface area contributed by atoms with Crippen LogP contribution in [0.15, 0.2) is 66.7 Å². The molecule has 1 fully saturated rings. The van der Waals surface area contributed by atoms with Crippen LogP contribution in [-0.2, 0) is 9.59 Å². The van der Waals surface area contributed by atoms with Gasteiger partial charge in [-0.15, -0.1) is 0 Å². The van der Waals surface area contributed by atoms with E-state index >= 15 is 0 Å². The van der Waals surface area contributed by atoms with Crippen LogP contribution in [0.2, 0.25) is 0 Å². The Kier molecular flexibility index (Phi) is 6.10. The molecule has 5 nitrogen and oxygen atoms in total. The van der Waals surface area contributed by atoms with Gasteiger partial charge in [-0.1, -0.05) is 42.5 Å². The zero-order valence-corrected chi connectivity index (χ0v) is 17.2. The molecule has 0 aliphatic carbocycles. The average Bonchev–Trinajstić information content (AvgIpc) is 3.19. The largest absolute Gasteiger partial charge is 0.326 e. The van der Waals surface area contributed by atoms with Gasteiger partial charge in [-0.3, -0.25) is 9.59 Å². The number of benzene rings is 3. The third-order valence-corrected chi connectivity index (χ3v) is 5.63. The maximum atomic E-state index is 12.3. The molecule has 1 aliphatic heterocycles. The average molecular weight is 402 g/mol. The maximum Gasteiger partial charge on any atom is 0.227 e. The molecule has 2 amide bonds. The Balaban J connectivity index is 1.28. The van der Waals surface area contributed by atoms with Crippen LogP contribution in [-0.4, -0.2) is 24.9 Å². The summed E-state index contributed by atoms with van der Waals surface area (Å²) in [6.45, 7) is 3.49. The Morgan fingerprint density at radius 1 is 1.03 bits per heavy atom. The normalized spacial score (nSPS) is 14.8. The van der Waals surface area contributed by atoms with Crippen molar-refractivity contribution in [2.75, 3.05) is 23.3 Å². The first kappa shape index (κ1) is 20.1. The number of rotatable bonds is 7. The minimum atomic E-state index is -0.0300. The lowest BCUT2D eigenvalue weighted by molar-refractivity contribution is -0.117. The molecule has 30 heavy (non-hydrogen) atoms. The van der Waals surface area contributed by atoms with Crippen LogP contribution >= 0.6 is 0 Å². The fourth-order valence-electron chi connectivity index (χ4n) is 4.01. The van der Waals surface area contributed by atoms with E-state index in [-0.39, 0.29) is 17.9 Å². The molecule has 1 saturated heterocycles. The number of carbonyl (C=O) groups excluding carboxylic acids is 2. The number of nitrogens with zero attached hydrogens (tertiary/aromatic N) is 1. The summed E-state index contributed by atoms with van der Waals surface area (Å²) in [7, 11) is 0. The number of hydrogen-bond acceptors (Lipinski definition) is 3. The third-order valence-electron chi connectivity index (χ3n) is 5.63. The quantitative estimate of drug-likeness (QED) is 0.606. The van der Waals surface area contributed by atoms with Gasteiger partial charge >= 0.3 is 0 Å². The summed E-state index contributed by atoms with van der Waals surface area (Å²) in [5, 5.41) is 8.85. The number of anilines is 2. The molecule has 1 aliphatic rings. The minimum absolute atomic E-state index is 0.0300. The topological polar surface area (TPSA) is 61.4 Å². The predicted octanol–water partition coefficient (Wildman–Crippen LogP) is 4.65. The van der Waals surface area contributed by atoms with Crippen molar-refractivity contribution in [3.8, 4) is 0 Å². The molecular weight excluding hydrogens is 374 g/mol. The van der Waals surface area contributed by atoms with Gasteiger partial charge in [0.2, 0.25) is 11.8 Å². The Labute approximate surface area is 177 Å². The minimum Gasteiger partial charge on any atom is -0.326 e. The van der Waals surface area contributed by atoms with Gasteiger partial charge in [0.05, 0.1) is 0 Å². The SMILES string of the molecule is C[C@H](NCCC(=O)Nc1ccc(N2CCCC2=O)cc1)c1cccc2ccccc12. The molecule has 3 aromatic rings. The highest BCUT2D eigenvalue weighted by Gasteiger charge is 2.21. The van der Waals surface area contributed by atoms with Crippen molar-refractivity contribution >= 4 is 34.0 Å². The highest BCUT2D eigenvalue weighted by atomic mass is 16.2. The van der Waals surface area contributed by atoms with E-state index in [1.165, 1.54) is 16.3 Å². The molecule has 0 bridgehead atoms. The number of amides is 2. The summed E-state index contributed by atoms with van der Waals surface area (Å²) in [6, 6.07) is 22.3. The molecule has 1 heterocycles. The second-order valence-corrected chi connectivity index (χ2v) is 7.74. The lowest BCUT2D eigenvalue weighted by Gasteiger charge is -2.17. The Hall–Kier alpha value is -3.18. The molecule has 0 aromatic heterocycles. The third kappa shape index (κ3) is 4.52. The van der Waals surface area contributed by atoms with Crippen molar-refractivity contribution in [2.45, 2.75) is 32.2 Å². The van der Waals surface area contributed by atoms with Gasteiger partial charge in [-0.05, 0) is 53.9 Å². The molecule has 3 aromatic carbocycles. The van der Waals surface area contributed by atoms with Crippen molar-refractivity contribution in [3.05, 3.63) is 72.3 Å². The van der Waals surface area contributed by atoms with E-state index in [2.05, 4.69) is 54.0 Å². The van der Waals surface area contributed by atoms with Crippen LogP contribution in [0.5, 0.6) is 0 Å². The van der Waals surface area contributed by atoms with Gasteiger partial charge in [0, 0.05) is 43.3 Å². The van der Waals surface area contributed by atoms with E-state index in [1.807, 2.05) is 30.3 Å². The van der Waals surface area contributed by atoms with Gasteiger partial charge in [-0.2, -0.15) is 0 Å². The number of nitrogens with one attached hydrogen (secondary N) is 2. The fourth-order valence-corrected chi connectivity index (χ4v) is 4.01. The first-order valence-corrected chi connectivity index (χ1v) is 10.5. The van der Waals surface area contributed by atoms with Crippen LogP contribution in [0.4, 0.5) is 11.4 Å². The van der Waals surface area contributed by atoms with Crippen LogP contribution in [0.25, 0.3) is 10.8 Å². The standard InChI is InChI=1S/C25H27N3O2/c1-18(22-9-4-7-19-6-2-3-8-23(19)22)26-16-15-24(29)27-20-11-13-21(14-12-20)28-17-5-10-25(28)30/h2-4,6-9,11-14,18,26H,5,10,15-17H2,1H3,(H,27,29)/t18-/m0/s1. The van der Waals surface area contributed by atoms with Crippen molar-refractivity contribution < 1.29 is 9.59 Å². The summed E-state index contributed by atoms with van der Waals surface area (Å²) >= 11 is 0. The van der Waals surface area contributed by atoms with Crippen molar-refractivity contribution in [3.63, 3.8) is 0 Å². The van der Waals surface area contributed by atoms with Gasteiger partial charge in [-0.25, -0.2) is 0 Å². The van der Waals surface area contributed by atoms with E-state index in [0.29, 0.717) is 19.4 Å². The molecule has 2 N–H and O–H groups in total. The molecule has 0 radical (unpaired) electrons. The lowest BCUT2D eigenvalue weighted by atomic mass is 10.00. The molecule has 0 spiro atoms. The highest BCUT2D eigenvalue weighted by Crippen LogP contribution is 2.24. The van der Waals surface area contributed by atoms with E-state index in [4.69, 9.17) is 0 Å². The summed E-state index contributed by atoms with van der Waals surface area (Å²) in [6.07, 6.45) is 1.91. The van der Waals surface area contributed by atoms with Crippen LogP contribution in [0.3, 0.4) is 0 Å². The summed E-state index contributed by atoms with van der Waals surface area (Å²) in [5.41, 5.74) is 2.87. The second kappa shape index (κ2) is 9.09. The number of hydrogen-bond donors (Lipinski definition) is 2. The second-order valence-electron chi connectivity index (χ2n) is 7.74. The summed E-state index contributed by atoms with van der Waals surface area (Å²) < 4.78 is 0. The molecule has 4 rings (SSSR count). The van der Waals surface area contributed by atoms with Gasteiger partial charge in [0.1, 0.15) is 0 Å². The first-order valence-electron chi connectivity index (χ1n) is 10.5. The maximum absolute atomic E-state index is 12.3.